The van der Waals surface area contributed by atoms with Crippen molar-refractivity contribution < 1.29 is 9.66 Å². The van der Waals surface area contributed by atoms with Crippen molar-refractivity contribution >= 4 is 23.0 Å². The Labute approximate surface area is 127 Å². The van der Waals surface area contributed by atoms with E-state index in [9.17, 15) is 10.1 Å². The van der Waals surface area contributed by atoms with Crippen LogP contribution in [0.2, 0.25) is 5.02 Å². The van der Waals surface area contributed by atoms with Crippen molar-refractivity contribution in [3.8, 4) is 0 Å². The number of hydrogen-bond donors (Lipinski definition) is 1. The van der Waals surface area contributed by atoms with Gasteiger partial charge in [0.15, 0.2) is 0 Å². The molecule has 0 saturated carbocycles. The molecule has 2 aromatic rings. The third kappa shape index (κ3) is 4.18. The van der Waals surface area contributed by atoms with E-state index in [-0.39, 0.29) is 5.69 Å². The minimum atomic E-state index is -0.408. The van der Waals surface area contributed by atoms with Gasteiger partial charge in [-0.1, -0.05) is 23.7 Å². The molecule has 0 aliphatic rings. The molecule has 21 heavy (non-hydrogen) atoms. The maximum atomic E-state index is 11.0. The second-order valence-corrected chi connectivity index (χ2v) is 4.95. The fourth-order valence-corrected chi connectivity index (χ4v) is 2.20. The predicted octanol–water partition coefficient (Wildman–Crippen LogP) is 4.01. The third-order valence-electron chi connectivity index (χ3n) is 2.96. The van der Waals surface area contributed by atoms with Crippen LogP contribution in [-0.4, -0.2) is 12.0 Å². The first kappa shape index (κ1) is 15.3. The Bertz CT molecular complexity index is 647. The molecule has 0 saturated heterocycles. The third-order valence-corrected chi connectivity index (χ3v) is 3.19. The Hall–Kier alpha value is -2.11. The van der Waals surface area contributed by atoms with E-state index in [1.165, 1.54) is 12.1 Å². The van der Waals surface area contributed by atoms with Crippen molar-refractivity contribution in [1.82, 2.24) is 0 Å². The van der Waals surface area contributed by atoms with Crippen molar-refractivity contribution in [2.45, 2.75) is 13.2 Å². The lowest BCUT2D eigenvalue weighted by atomic mass is 10.1. The molecule has 2 rings (SSSR count). The quantitative estimate of drug-likeness (QED) is 0.647. The van der Waals surface area contributed by atoms with Crippen LogP contribution in [-0.2, 0) is 17.9 Å². The van der Waals surface area contributed by atoms with Gasteiger partial charge in [0, 0.05) is 30.4 Å². The second-order valence-electron chi connectivity index (χ2n) is 4.52. The molecule has 0 atom stereocenters. The first-order chi connectivity index (χ1) is 10.1. The van der Waals surface area contributed by atoms with Gasteiger partial charge in [-0.05, 0) is 29.8 Å². The molecule has 0 radical (unpaired) electrons. The van der Waals surface area contributed by atoms with Crippen molar-refractivity contribution in [2.75, 3.05) is 12.4 Å². The molecule has 0 unspecified atom stereocenters. The summed E-state index contributed by atoms with van der Waals surface area (Å²) in [6.45, 7) is 0.847. The fraction of sp³-hybridized carbons (Fsp3) is 0.200. The number of nitrogens with zero attached hydrogens (tertiary/aromatic N) is 1. The number of rotatable bonds is 6. The van der Waals surface area contributed by atoms with Crippen LogP contribution in [0.15, 0.2) is 42.5 Å². The van der Waals surface area contributed by atoms with Gasteiger partial charge in [0.2, 0.25) is 0 Å². The lowest BCUT2D eigenvalue weighted by Gasteiger charge is -2.09. The van der Waals surface area contributed by atoms with Crippen LogP contribution in [0.1, 0.15) is 11.1 Å². The lowest BCUT2D eigenvalue weighted by molar-refractivity contribution is -0.385. The normalized spacial score (nSPS) is 10.4. The molecule has 6 heteroatoms. The highest BCUT2D eigenvalue weighted by Gasteiger charge is 2.13. The smallest absolute Gasteiger partial charge is 0.274 e. The summed E-state index contributed by atoms with van der Waals surface area (Å²) >= 11 is 5.90. The van der Waals surface area contributed by atoms with Crippen LogP contribution >= 0.6 is 11.6 Å². The largest absolute Gasteiger partial charge is 0.381 e. The molecule has 0 aromatic heterocycles. The maximum Gasteiger partial charge on any atom is 0.274 e. The summed E-state index contributed by atoms with van der Waals surface area (Å²) in [5.74, 6) is 0. The highest BCUT2D eigenvalue weighted by molar-refractivity contribution is 6.30. The zero-order chi connectivity index (χ0) is 15.2. The zero-order valence-corrected chi connectivity index (χ0v) is 12.3. The Morgan fingerprint density at radius 2 is 2.10 bits per heavy atom. The number of ether oxygens (including phenoxy) is 1. The van der Waals surface area contributed by atoms with Gasteiger partial charge in [-0.2, -0.15) is 0 Å². The van der Waals surface area contributed by atoms with E-state index in [4.69, 9.17) is 16.3 Å². The molecule has 5 nitrogen and oxygen atoms in total. The minimum absolute atomic E-state index is 0.0555. The first-order valence-electron chi connectivity index (χ1n) is 6.34. The molecule has 0 aliphatic heterocycles. The molecule has 0 spiro atoms. The SMILES string of the molecule is COCc1cccc(NCc2cc(Cl)ccc2[N+](=O)[O-])c1. The molecule has 0 aliphatic carbocycles. The van der Waals surface area contributed by atoms with Crippen LogP contribution in [0.5, 0.6) is 0 Å². The summed E-state index contributed by atoms with van der Waals surface area (Å²) in [7, 11) is 1.63. The molecule has 0 amide bonds. The molecular formula is C15H15ClN2O3. The van der Waals surface area contributed by atoms with E-state index in [0.29, 0.717) is 23.7 Å². The zero-order valence-electron chi connectivity index (χ0n) is 11.5. The molecule has 0 fully saturated rings. The van der Waals surface area contributed by atoms with Crippen LogP contribution in [0.4, 0.5) is 11.4 Å². The van der Waals surface area contributed by atoms with E-state index < -0.39 is 4.92 Å². The van der Waals surface area contributed by atoms with Crippen LogP contribution in [0.3, 0.4) is 0 Å². The van der Waals surface area contributed by atoms with Gasteiger partial charge in [0.25, 0.3) is 5.69 Å². The number of halogens is 1. The summed E-state index contributed by atoms with van der Waals surface area (Å²) in [5.41, 5.74) is 2.51. The van der Waals surface area contributed by atoms with E-state index in [1.54, 1.807) is 13.2 Å². The first-order valence-corrected chi connectivity index (χ1v) is 6.72. The van der Waals surface area contributed by atoms with Crippen molar-refractivity contribution in [3.05, 3.63) is 68.7 Å². The van der Waals surface area contributed by atoms with Gasteiger partial charge >= 0.3 is 0 Å². The van der Waals surface area contributed by atoms with E-state index in [0.717, 1.165) is 11.3 Å². The Kier molecular flexibility index (Phi) is 5.14. The molecule has 0 bridgehead atoms. The van der Waals surface area contributed by atoms with Crippen molar-refractivity contribution in [3.63, 3.8) is 0 Å². The average Bonchev–Trinajstić information content (AvgIpc) is 2.45. The second kappa shape index (κ2) is 7.06. The summed E-state index contributed by atoms with van der Waals surface area (Å²) in [4.78, 5) is 10.6. The van der Waals surface area contributed by atoms with Crippen LogP contribution in [0.25, 0.3) is 0 Å². The maximum absolute atomic E-state index is 11.0. The standard InChI is InChI=1S/C15H15ClN2O3/c1-21-10-11-3-2-4-14(7-11)17-9-12-8-13(16)5-6-15(12)18(19)20/h2-8,17H,9-10H2,1H3. The number of benzene rings is 2. The summed E-state index contributed by atoms with van der Waals surface area (Å²) in [5, 5.41) is 14.6. The Balaban J connectivity index is 2.14. The fourth-order valence-electron chi connectivity index (χ4n) is 2.01. The van der Waals surface area contributed by atoms with E-state index >= 15 is 0 Å². The molecule has 2 aromatic carbocycles. The van der Waals surface area contributed by atoms with Crippen molar-refractivity contribution in [1.29, 1.82) is 0 Å². The predicted molar refractivity (Wildman–Crippen MR) is 82.6 cm³/mol. The monoisotopic (exact) mass is 306 g/mol. The molecule has 110 valence electrons. The molecular weight excluding hydrogens is 292 g/mol. The Morgan fingerprint density at radius 1 is 1.29 bits per heavy atom. The summed E-state index contributed by atoms with van der Waals surface area (Å²) in [6, 6.07) is 12.2. The van der Waals surface area contributed by atoms with E-state index in [1.807, 2.05) is 24.3 Å². The highest BCUT2D eigenvalue weighted by atomic mass is 35.5. The van der Waals surface area contributed by atoms with Crippen LogP contribution < -0.4 is 5.32 Å². The number of nitrogens with one attached hydrogen (secondary N) is 1. The van der Waals surface area contributed by atoms with E-state index in [2.05, 4.69) is 5.32 Å². The number of nitro groups is 1. The molecule has 1 N–H and O–H groups in total. The van der Waals surface area contributed by atoms with Gasteiger partial charge in [-0.3, -0.25) is 10.1 Å². The summed E-state index contributed by atoms with van der Waals surface area (Å²) in [6.07, 6.45) is 0. The number of nitro benzene ring substituents is 1. The highest BCUT2D eigenvalue weighted by Crippen LogP contribution is 2.24. The van der Waals surface area contributed by atoms with Gasteiger partial charge in [-0.15, -0.1) is 0 Å². The van der Waals surface area contributed by atoms with Gasteiger partial charge < -0.3 is 10.1 Å². The van der Waals surface area contributed by atoms with Gasteiger partial charge in [-0.25, -0.2) is 0 Å². The number of methoxy groups -OCH3 is 1. The van der Waals surface area contributed by atoms with Crippen LogP contribution in [0, 0.1) is 10.1 Å². The van der Waals surface area contributed by atoms with Crippen molar-refractivity contribution in [2.24, 2.45) is 0 Å². The number of anilines is 1. The summed E-state index contributed by atoms with van der Waals surface area (Å²) < 4.78 is 5.08. The number of hydrogen-bond acceptors (Lipinski definition) is 4. The van der Waals surface area contributed by atoms with Gasteiger partial charge in [0.1, 0.15) is 0 Å². The lowest BCUT2D eigenvalue weighted by Crippen LogP contribution is -2.03. The molecule has 0 heterocycles. The van der Waals surface area contributed by atoms with Gasteiger partial charge in [0.05, 0.1) is 17.1 Å². The average molecular weight is 307 g/mol. The topological polar surface area (TPSA) is 64.4 Å². The minimum Gasteiger partial charge on any atom is -0.381 e. The Morgan fingerprint density at radius 3 is 2.81 bits per heavy atom.